The van der Waals surface area contributed by atoms with Gasteiger partial charge in [0.05, 0.1) is 5.39 Å². The Kier molecular flexibility index (Phi) is 5.65. The Morgan fingerprint density at radius 2 is 2.03 bits per heavy atom. The molecule has 0 radical (unpaired) electrons. The molecule has 0 aliphatic carbocycles. The van der Waals surface area contributed by atoms with Crippen molar-refractivity contribution in [3.05, 3.63) is 64.6 Å². The van der Waals surface area contributed by atoms with Crippen LogP contribution in [0.4, 0.5) is 5.13 Å². The Morgan fingerprint density at radius 1 is 1.20 bits per heavy atom. The van der Waals surface area contributed by atoms with Gasteiger partial charge in [-0.1, -0.05) is 41.7 Å². The van der Waals surface area contributed by atoms with Crippen LogP contribution in [0.15, 0.2) is 53.5 Å². The monoisotopic (exact) mass is 442 g/mol. The number of fused-ring (bicyclic) bond motifs is 2. The van der Waals surface area contributed by atoms with E-state index in [1.165, 1.54) is 15.9 Å². The summed E-state index contributed by atoms with van der Waals surface area (Å²) in [6.07, 6.45) is 3.26. The van der Waals surface area contributed by atoms with E-state index in [2.05, 4.69) is 20.4 Å². The van der Waals surface area contributed by atoms with Crippen LogP contribution in [0, 0.1) is 0 Å². The molecule has 0 saturated carbocycles. The summed E-state index contributed by atoms with van der Waals surface area (Å²) >= 11 is 1.31. The number of hydrogen-bond acceptors (Lipinski definition) is 7. The molecule has 0 bridgehead atoms. The second kappa shape index (κ2) is 8.37. The number of benzene rings is 1. The lowest BCUT2D eigenvalue weighted by Gasteiger charge is -2.22. The molecule has 1 unspecified atom stereocenters. The number of halogens is 1. The predicted octanol–water partition coefficient (Wildman–Crippen LogP) is 2.41. The molecule has 1 aliphatic heterocycles. The standard InChI is InChI=1S/C20H18N6O2S.ClH/c27-17(22-12-13-6-2-1-3-7-13)15-9-5-11-25(15)20-24-26-18(28)14-8-4-10-21-16(14)23-19(26)29-20;/h1-4,6-8,10,15H,5,9,11-12H2,(H,22,27);1H. The zero-order valence-electron chi connectivity index (χ0n) is 15.9. The van der Waals surface area contributed by atoms with Crippen molar-refractivity contribution in [2.45, 2.75) is 25.4 Å². The van der Waals surface area contributed by atoms with Crippen molar-refractivity contribution in [2.24, 2.45) is 0 Å². The zero-order chi connectivity index (χ0) is 19.8. The highest BCUT2D eigenvalue weighted by atomic mass is 35.5. The van der Waals surface area contributed by atoms with Crippen LogP contribution in [0.3, 0.4) is 0 Å². The third-order valence-corrected chi connectivity index (χ3v) is 6.02. The van der Waals surface area contributed by atoms with Crippen LogP contribution in [-0.2, 0) is 11.3 Å². The number of rotatable bonds is 4. The lowest BCUT2D eigenvalue weighted by Crippen LogP contribution is -2.43. The molecule has 30 heavy (non-hydrogen) atoms. The fourth-order valence-corrected chi connectivity index (χ4v) is 4.58. The molecule has 1 fully saturated rings. The van der Waals surface area contributed by atoms with Gasteiger partial charge in [0.2, 0.25) is 16.0 Å². The number of carbonyl (C=O) groups is 1. The van der Waals surface area contributed by atoms with Gasteiger partial charge in [-0.05, 0) is 30.5 Å². The van der Waals surface area contributed by atoms with Gasteiger partial charge in [-0.3, -0.25) is 9.59 Å². The molecule has 3 aromatic heterocycles. The summed E-state index contributed by atoms with van der Waals surface area (Å²) in [6, 6.07) is 12.9. The van der Waals surface area contributed by atoms with Crippen molar-refractivity contribution in [3.63, 3.8) is 0 Å². The van der Waals surface area contributed by atoms with Crippen LogP contribution >= 0.6 is 23.7 Å². The number of anilines is 1. The van der Waals surface area contributed by atoms with E-state index in [9.17, 15) is 9.59 Å². The molecule has 1 saturated heterocycles. The van der Waals surface area contributed by atoms with Gasteiger partial charge in [-0.2, -0.15) is 9.50 Å². The molecule has 1 atom stereocenters. The Hall–Kier alpha value is -3.04. The van der Waals surface area contributed by atoms with Crippen LogP contribution in [0.5, 0.6) is 0 Å². The summed E-state index contributed by atoms with van der Waals surface area (Å²) in [5.74, 6) is -0.0299. The predicted molar refractivity (Wildman–Crippen MR) is 118 cm³/mol. The van der Waals surface area contributed by atoms with Gasteiger partial charge in [-0.25, -0.2) is 4.98 Å². The van der Waals surface area contributed by atoms with Crippen LogP contribution in [0.25, 0.3) is 16.0 Å². The Balaban J connectivity index is 0.00000218. The second-order valence-electron chi connectivity index (χ2n) is 6.93. The van der Waals surface area contributed by atoms with Crippen molar-refractivity contribution in [1.82, 2.24) is 24.9 Å². The molecule has 4 heterocycles. The van der Waals surface area contributed by atoms with Crippen molar-refractivity contribution < 1.29 is 4.79 Å². The number of nitrogens with one attached hydrogen (secondary N) is 1. The van der Waals surface area contributed by atoms with Crippen molar-refractivity contribution in [1.29, 1.82) is 0 Å². The summed E-state index contributed by atoms with van der Waals surface area (Å²) < 4.78 is 1.31. The first-order valence-corrected chi connectivity index (χ1v) is 10.3. The van der Waals surface area contributed by atoms with Gasteiger partial charge < -0.3 is 10.2 Å². The summed E-state index contributed by atoms with van der Waals surface area (Å²) in [6.45, 7) is 1.21. The number of pyridine rings is 1. The van der Waals surface area contributed by atoms with Gasteiger partial charge in [0.25, 0.3) is 5.56 Å². The summed E-state index contributed by atoms with van der Waals surface area (Å²) in [4.78, 5) is 36.6. The summed E-state index contributed by atoms with van der Waals surface area (Å²) in [5, 5.41) is 8.55. The van der Waals surface area contributed by atoms with Crippen LogP contribution < -0.4 is 15.8 Å². The van der Waals surface area contributed by atoms with Gasteiger partial charge in [-0.15, -0.1) is 17.5 Å². The normalized spacial score (nSPS) is 16.0. The molecule has 1 N–H and O–H groups in total. The van der Waals surface area contributed by atoms with E-state index in [-0.39, 0.29) is 29.9 Å². The average Bonchev–Trinajstić information content (AvgIpc) is 3.40. The first-order valence-electron chi connectivity index (χ1n) is 9.43. The fourth-order valence-electron chi connectivity index (χ4n) is 3.62. The van der Waals surface area contributed by atoms with Gasteiger partial charge >= 0.3 is 0 Å². The van der Waals surface area contributed by atoms with Gasteiger partial charge in [0.1, 0.15) is 6.04 Å². The second-order valence-corrected chi connectivity index (χ2v) is 7.86. The SMILES string of the molecule is Cl.O=C(NCc1ccccc1)C1CCCN1c1nn2c(=O)c3cccnc3nc2s1. The molecule has 1 aliphatic rings. The van der Waals surface area contributed by atoms with Gasteiger partial charge in [0, 0.05) is 19.3 Å². The molecule has 5 rings (SSSR count). The van der Waals surface area contributed by atoms with E-state index < -0.39 is 0 Å². The molecular weight excluding hydrogens is 424 g/mol. The Bertz CT molecular complexity index is 1260. The topological polar surface area (TPSA) is 92.5 Å². The van der Waals surface area contributed by atoms with Crippen molar-refractivity contribution in [3.8, 4) is 0 Å². The quantitative estimate of drug-likeness (QED) is 0.521. The number of hydrogen-bond donors (Lipinski definition) is 1. The lowest BCUT2D eigenvalue weighted by molar-refractivity contribution is -0.122. The highest BCUT2D eigenvalue weighted by Crippen LogP contribution is 2.29. The molecule has 8 nitrogen and oxygen atoms in total. The fraction of sp³-hybridized carbons (Fsp3) is 0.250. The zero-order valence-corrected chi connectivity index (χ0v) is 17.5. The first kappa shape index (κ1) is 20.2. The molecule has 1 aromatic carbocycles. The van der Waals surface area contributed by atoms with Gasteiger partial charge in [0.15, 0.2) is 5.65 Å². The van der Waals surface area contributed by atoms with E-state index in [0.717, 1.165) is 24.9 Å². The maximum Gasteiger partial charge on any atom is 0.284 e. The number of amides is 1. The summed E-state index contributed by atoms with van der Waals surface area (Å²) in [7, 11) is 0. The first-order chi connectivity index (χ1) is 14.2. The summed E-state index contributed by atoms with van der Waals surface area (Å²) in [5.41, 5.74) is 1.22. The number of aromatic nitrogens is 4. The van der Waals surface area contributed by atoms with Crippen molar-refractivity contribution >= 4 is 50.8 Å². The largest absolute Gasteiger partial charge is 0.350 e. The third-order valence-electron chi connectivity index (χ3n) is 5.07. The number of nitrogens with zero attached hydrogens (tertiary/aromatic N) is 5. The molecule has 0 spiro atoms. The van der Waals surface area contributed by atoms with Crippen molar-refractivity contribution in [2.75, 3.05) is 11.4 Å². The van der Waals surface area contributed by atoms with Crippen LogP contribution in [0.2, 0.25) is 0 Å². The van der Waals surface area contributed by atoms with E-state index in [0.29, 0.717) is 27.7 Å². The van der Waals surface area contributed by atoms with E-state index in [1.807, 2.05) is 35.2 Å². The molecule has 154 valence electrons. The smallest absolute Gasteiger partial charge is 0.284 e. The molecule has 4 aromatic rings. The van der Waals surface area contributed by atoms with E-state index in [1.54, 1.807) is 18.3 Å². The van der Waals surface area contributed by atoms with E-state index in [4.69, 9.17) is 0 Å². The minimum atomic E-state index is -0.303. The third kappa shape index (κ3) is 3.61. The maximum absolute atomic E-state index is 12.8. The number of carbonyl (C=O) groups excluding carboxylic acids is 1. The highest BCUT2D eigenvalue weighted by molar-refractivity contribution is 7.20. The average molecular weight is 443 g/mol. The van der Waals surface area contributed by atoms with Crippen LogP contribution in [0.1, 0.15) is 18.4 Å². The maximum atomic E-state index is 12.8. The minimum absolute atomic E-state index is 0. The Morgan fingerprint density at radius 3 is 2.87 bits per heavy atom. The van der Waals surface area contributed by atoms with E-state index >= 15 is 0 Å². The highest BCUT2D eigenvalue weighted by Gasteiger charge is 2.33. The Labute approximate surface area is 182 Å². The minimum Gasteiger partial charge on any atom is -0.350 e. The molecular formula is C20H19ClN6O2S. The lowest BCUT2D eigenvalue weighted by atomic mass is 10.2. The molecule has 1 amide bonds. The van der Waals surface area contributed by atoms with Crippen LogP contribution in [-0.4, -0.2) is 38.1 Å². The molecule has 10 heteroatoms.